The molecule has 0 atom stereocenters. The van der Waals surface area contributed by atoms with Crippen molar-refractivity contribution in [3.05, 3.63) is 112 Å². The second kappa shape index (κ2) is 10.6. The third kappa shape index (κ3) is 5.23. The molecule has 0 radical (unpaired) electrons. The first-order valence-electron chi connectivity index (χ1n) is 12.3. The molecule has 6 heteroatoms. The smallest absolute Gasteiger partial charge is 0.349 e. The van der Waals surface area contributed by atoms with Crippen LogP contribution in [0.1, 0.15) is 59.5 Å². The zero-order valence-electron chi connectivity index (χ0n) is 19.8. The van der Waals surface area contributed by atoms with Crippen LogP contribution >= 0.6 is 0 Å². The molecule has 1 fully saturated rings. The van der Waals surface area contributed by atoms with E-state index >= 15 is 0 Å². The molecular formula is C30H27NO5. The van der Waals surface area contributed by atoms with Gasteiger partial charge in [-0.2, -0.15) is 0 Å². The van der Waals surface area contributed by atoms with E-state index in [4.69, 9.17) is 9.15 Å². The van der Waals surface area contributed by atoms with E-state index in [-0.39, 0.29) is 22.9 Å². The van der Waals surface area contributed by atoms with Crippen LogP contribution < -0.4 is 15.7 Å². The molecule has 182 valence electrons. The highest BCUT2D eigenvalue weighted by Crippen LogP contribution is 2.28. The number of esters is 1. The predicted molar refractivity (Wildman–Crippen MR) is 137 cm³/mol. The fourth-order valence-electron chi connectivity index (χ4n) is 4.75. The van der Waals surface area contributed by atoms with Gasteiger partial charge in [-0.05, 0) is 42.2 Å². The lowest BCUT2D eigenvalue weighted by Gasteiger charge is -2.22. The zero-order chi connectivity index (χ0) is 24.9. The van der Waals surface area contributed by atoms with E-state index in [0.717, 1.165) is 36.8 Å². The largest absolute Gasteiger partial charge is 0.426 e. The maximum absolute atomic E-state index is 13.3. The maximum Gasteiger partial charge on any atom is 0.349 e. The molecule has 0 saturated heterocycles. The molecule has 1 amide bonds. The van der Waals surface area contributed by atoms with Gasteiger partial charge in [0.25, 0.3) is 5.91 Å². The first-order chi connectivity index (χ1) is 17.6. The van der Waals surface area contributed by atoms with Crippen LogP contribution in [0.15, 0.2) is 94.1 Å². The Morgan fingerprint density at radius 3 is 2.11 bits per heavy atom. The summed E-state index contributed by atoms with van der Waals surface area (Å²) >= 11 is 0. The molecule has 0 aliphatic heterocycles. The van der Waals surface area contributed by atoms with Gasteiger partial charge < -0.3 is 14.5 Å². The summed E-state index contributed by atoms with van der Waals surface area (Å²) in [5.74, 6) is -1.22. The molecule has 1 aromatic heterocycles. The first-order valence-corrected chi connectivity index (χ1v) is 12.3. The van der Waals surface area contributed by atoms with Crippen LogP contribution in [0.3, 0.4) is 0 Å². The Morgan fingerprint density at radius 2 is 1.47 bits per heavy atom. The van der Waals surface area contributed by atoms with Gasteiger partial charge in [0, 0.05) is 17.5 Å². The fourth-order valence-corrected chi connectivity index (χ4v) is 4.75. The molecule has 36 heavy (non-hydrogen) atoms. The number of carbonyl (C=O) groups excluding carboxylic acids is 2. The molecule has 6 nitrogen and oxygen atoms in total. The van der Waals surface area contributed by atoms with Crippen molar-refractivity contribution in [3.63, 3.8) is 0 Å². The van der Waals surface area contributed by atoms with Crippen molar-refractivity contribution in [1.82, 2.24) is 5.32 Å². The highest BCUT2D eigenvalue weighted by molar-refractivity contribution is 5.97. The van der Waals surface area contributed by atoms with Crippen LogP contribution in [0.2, 0.25) is 0 Å². The molecular weight excluding hydrogens is 454 g/mol. The minimum Gasteiger partial charge on any atom is -0.426 e. The number of nitrogens with one attached hydrogen (secondary N) is 1. The Balaban J connectivity index is 1.38. The average Bonchev–Trinajstić information content (AvgIpc) is 2.90. The standard InChI is InChI=1S/C30H27NO5/c32-28(31-23-14-8-3-9-15-23)25-18-22-16-17-24(19-26(22)36-29(25)33)35-30(34)27(20-10-4-1-5-11-20)21-12-6-2-7-13-21/h1-2,4-7,10-13,16-19,23,27H,3,8-9,14-15H2,(H,31,32). The monoisotopic (exact) mass is 481 g/mol. The maximum atomic E-state index is 13.3. The normalized spacial score (nSPS) is 14.0. The summed E-state index contributed by atoms with van der Waals surface area (Å²) < 4.78 is 11.2. The van der Waals surface area contributed by atoms with E-state index in [1.807, 2.05) is 60.7 Å². The van der Waals surface area contributed by atoms with Crippen molar-refractivity contribution >= 4 is 22.8 Å². The molecule has 5 rings (SSSR count). The number of ether oxygens (including phenoxy) is 1. The van der Waals surface area contributed by atoms with Gasteiger partial charge in [-0.1, -0.05) is 79.9 Å². The summed E-state index contributed by atoms with van der Waals surface area (Å²) in [6, 6.07) is 25.3. The summed E-state index contributed by atoms with van der Waals surface area (Å²) in [4.78, 5) is 38.6. The Morgan fingerprint density at radius 1 is 0.833 bits per heavy atom. The highest BCUT2D eigenvalue weighted by atomic mass is 16.5. The predicted octanol–water partition coefficient (Wildman–Crippen LogP) is 5.59. The second-order valence-electron chi connectivity index (χ2n) is 9.13. The number of amides is 1. The SMILES string of the molecule is O=C(NC1CCCCC1)c1cc2ccc(OC(=O)C(c3ccccc3)c3ccccc3)cc2oc1=O. The Labute approximate surface area is 208 Å². The molecule has 4 aromatic rings. The van der Waals surface area contributed by atoms with Crippen molar-refractivity contribution < 1.29 is 18.7 Å². The third-order valence-corrected chi connectivity index (χ3v) is 6.61. The zero-order valence-corrected chi connectivity index (χ0v) is 19.8. The lowest BCUT2D eigenvalue weighted by atomic mass is 9.91. The van der Waals surface area contributed by atoms with Crippen molar-refractivity contribution in [2.45, 2.75) is 44.1 Å². The van der Waals surface area contributed by atoms with Crippen LogP contribution in [0.5, 0.6) is 5.75 Å². The van der Waals surface area contributed by atoms with Gasteiger partial charge in [0.2, 0.25) is 0 Å². The number of rotatable bonds is 6. The molecule has 1 aliphatic carbocycles. The average molecular weight is 482 g/mol. The summed E-state index contributed by atoms with van der Waals surface area (Å²) in [5.41, 5.74) is 1.14. The van der Waals surface area contributed by atoms with Crippen molar-refractivity contribution in [2.75, 3.05) is 0 Å². The van der Waals surface area contributed by atoms with Crippen LogP contribution in [0, 0.1) is 0 Å². The van der Waals surface area contributed by atoms with E-state index in [2.05, 4.69) is 5.32 Å². The summed E-state index contributed by atoms with van der Waals surface area (Å²) in [5, 5.41) is 3.53. The van der Waals surface area contributed by atoms with Gasteiger partial charge >= 0.3 is 11.6 Å². The molecule has 1 saturated carbocycles. The van der Waals surface area contributed by atoms with Gasteiger partial charge in [-0.3, -0.25) is 9.59 Å². The summed E-state index contributed by atoms with van der Waals surface area (Å²) in [6.07, 6.45) is 5.18. The first kappa shape index (κ1) is 23.5. The number of hydrogen-bond acceptors (Lipinski definition) is 5. The molecule has 1 aliphatic rings. The molecule has 1 N–H and O–H groups in total. The van der Waals surface area contributed by atoms with E-state index in [0.29, 0.717) is 5.39 Å². The highest BCUT2D eigenvalue weighted by Gasteiger charge is 2.25. The quantitative estimate of drug-likeness (QED) is 0.220. The third-order valence-electron chi connectivity index (χ3n) is 6.61. The Hall–Kier alpha value is -4.19. The van der Waals surface area contributed by atoms with Crippen LogP contribution in [0.4, 0.5) is 0 Å². The van der Waals surface area contributed by atoms with Gasteiger partial charge in [0.05, 0.1) is 0 Å². The van der Waals surface area contributed by atoms with E-state index in [1.165, 1.54) is 18.6 Å². The molecule has 3 aromatic carbocycles. The molecule has 0 bridgehead atoms. The minimum atomic E-state index is -0.717. The molecule has 0 unspecified atom stereocenters. The number of benzene rings is 3. The number of carbonyl (C=O) groups is 2. The summed E-state index contributed by atoms with van der Waals surface area (Å²) in [6.45, 7) is 0. The van der Waals surface area contributed by atoms with Gasteiger partial charge in [0.1, 0.15) is 22.8 Å². The van der Waals surface area contributed by atoms with Gasteiger partial charge in [-0.15, -0.1) is 0 Å². The van der Waals surface area contributed by atoms with Crippen molar-refractivity contribution in [3.8, 4) is 5.75 Å². The van der Waals surface area contributed by atoms with Crippen molar-refractivity contribution in [2.24, 2.45) is 0 Å². The van der Waals surface area contributed by atoms with E-state index in [9.17, 15) is 14.4 Å². The Bertz CT molecular complexity index is 1380. The lowest BCUT2D eigenvalue weighted by Crippen LogP contribution is -2.38. The van der Waals surface area contributed by atoms with Crippen LogP contribution in [-0.2, 0) is 4.79 Å². The number of fused-ring (bicyclic) bond motifs is 1. The Kier molecular flexibility index (Phi) is 6.94. The van der Waals surface area contributed by atoms with Gasteiger partial charge in [-0.25, -0.2) is 4.79 Å². The van der Waals surface area contributed by atoms with E-state index in [1.54, 1.807) is 12.1 Å². The minimum absolute atomic E-state index is 0.0222. The van der Waals surface area contributed by atoms with E-state index < -0.39 is 23.4 Å². The van der Waals surface area contributed by atoms with Crippen molar-refractivity contribution in [1.29, 1.82) is 0 Å². The summed E-state index contributed by atoms with van der Waals surface area (Å²) in [7, 11) is 0. The lowest BCUT2D eigenvalue weighted by molar-refractivity contribution is -0.135. The number of hydrogen-bond donors (Lipinski definition) is 1. The molecule has 1 heterocycles. The molecule has 0 spiro atoms. The van der Waals surface area contributed by atoms with Gasteiger partial charge in [0.15, 0.2) is 0 Å². The second-order valence-corrected chi connectivity index (χ2v) is 9.13. The fraction of sp³-hybridized carbons (Fsp3) is 0.233. The van der Waals surface area contributed by atoms with Crippen LogP contribution in [0.25, 0.3) is 11.0 Å². The van der Waals surface area contributed by atoms with Crippen LogP contribution in [-0.4, -0.2) is 17.9 Å². The topological polar surface area (TPSA) is 85.6 Å².